The van der Waals surface area contributed by atoms with Crippen LogP contribution in [0.1, 0.15) is 97.3 Å². The van der Waals surface area contributed by atoms with Crippen molar-refractivity contribution in [2.45, 2.75) is 97.3 Å². The van der Waals surface area contributed by atoms with Gasteiger partial charge in [-0.25, -0.2) is 0 Å². The van der Waals surface area contributed by atoms with Gasteiger partial charge in [0.15, 0.2) is 0 Å². The van der Waals surface area contributed by atoms with Crippen molar-refractivity contribution in [1.29, 1.82) is 0 Å². The van der Waals surface area contributed by atoms with Crippen LogP contribution in [0.4, 0.5) is 0 Å². The Hall–Kier alpha value is -1.10. The summed E-state index contributed by atoms with van der Waals surface area (Å²) in [6, 6.07) is 0. The van der Waals surface area contributed by atoms with E-state index >= 15 is 0 Å². The third-order valence-electron chi connectivity index (χ3n) is 4.76. The topological polar surface area (TPSA) is 61.8 Å². The highest BCUT2D eigenvalue weighted by molar-refractivity contribution is 5.70. The molecule has 0 aliphatic rings. The second kappa shape index (κ2) is 19.7. The molecule has 0 spiro atoms. The molecule has 0 aromatic rings. The van der Waals surface area contributed by atoms with Gasteiger partial charge in [-0.05, 0) is 38.0 Å². The van der Waals surface area contributed by atoms with E-state index in [0.717, 1.165) is 38.7 Å². The summed E-state index contributed by atoms with van der Waals surface area (Å²) in [5, 5.41) is 0. The van der Waals surface area contributed by atoms with Crippen LogP contribution >= 0.6 is 0 Å². The Bertz CT molecular complexity index is 349. The van der Waals surface area contributed by atoms with Crippen LogP contribution in [0.3, 0.4) is 0 Å². The fraction of sp³-hybridized carbons (Fsp3) is 0.909. The largest absolute Gasteiger partial charge is 0.466 e. The van der Waals surface area contributed by atoms with E-state index in [1.54, 1.807) is 7.11 Å². The highest BCUT2D eigenvalue weighted by Crippen LogP contribution is 2.17. The van der Waals surface area contributed by atoms with Crippen LogP contribution in [-0.4, -0.2) is 38.9 Å². The summed E-state index contributed by atoms with van der Waals surface area (Å²) >= 11 is 0. The van der Waals surface area contributed by atoms with Gasteiger partial charge in [0, 0.05) is 26.6 Å². The first-order chi connectivity index (χ1) is 13.1. The molecule has 160 valence electrons. The molecule has 0 fully saturated rings. The number of methoxy groups -OCH3 is 1. The zero-order valence-electron chi connectivity index (χ0n) is 17.9. The van der Waals surface area contributed by atoms with Crippen molar-refractivity contribution in [2.75, 3.05) is 26.9 Å². The fourth-order valence-electron chi connectivity index (χ4n) is 2.95. The van der Waals surface area contributed by atoms with Crippen molar-refractivity contribution < 1.29 is 23.8 Å². The molecular weight excluding hydrogens is 344 g/mol. The van der Waals surface area contributed by atoms with Crippen molar-refractivity contribution in [3.05, 3.63) is 0 Å². The molecule has 0 aliphatic heterocycles. The maximum Gasteiger partial charge on any atom is 0.305 e. The summed E-state index contributed by atoms with van der Waals surface area (Å²) in [7, 11) is 1.72. The molecule has 0 bridgehead atoms. The minimum Gasteiger partial charge on any atom is -0.466 e. The highest BCUT2D eigenvalue weighted by atomic mass is 16.5. The quantitative estimate of drug-likeness (QED) is 0.218. The van der Waals surface area contributed by atoms with Gasteiger partial charge in [-0.1, -0.05) is 52.4 Å². The van der Waals surface area contributed by atoms with Crippen LogP contribution < -0.4 is 0 Å². The molecule has 1 unspecified atom stereocenters. The summed E-state index contributed by atoms with van der Waals surface area (Å²) in [6.07, 6.45) is 12.0. The third kappa shape index (κ3) is 18.0. The minimum absolute atomic E-state index is 0.156. The summed E-state index contributed by atoms with van der Waals surface area (Å²) in [6.45, 7) is 6.11. The molecule has 0 saturated heterocycles. The highest BCUT2D eigenvalue weighted by Gasteiger charge is 2.11. The SMILES string of the molecule is CCCCCCOC(=O)CCCCC(=O)OCCC(CCCC)CCOC. The molecule has 1 atom stereocenters. The third-order valence-corrected chi connectivity index (χ3v) is 4.76. The van der Waals surface area contributed by atoms with Gasteiger partial charge < -0.3 is 14.2 Å². The van der Waals surface area contributed by atoms with E-state index in [1.165, 1.54) is 25.7 Å². The molecular formula is C22H42O5. The fourth-order valence-corrected chi connectivity index (χ4v) is 2.95. The molecule has 0 aromatic heterocycles. The Balaban J connectivity index is 3.65. The van der Waals surface area contributed by atoms with Crippen LogP contribution in [0.5, 0.6) is 0 Å². The number of rotatable bonds is 19. The Morgan fingerprint density at radius 1 is 0.667 bits per heavy atom. The maximum absolute atomic E-state index is 11.8. The van der Waals surface area contributed by atoms with Gasteiger partial charge >= 0.3 is 11.9 Å². The number of hydrogen-bond donors (Lipinski definition) is 0. The predicted molar refractivity (Wildman–Crippen MR) is 109 cm³/mol. The summed E-state index contributed by atoms with van der Waals surface area (Å²) in [5.41, 5.74) is 0. The van der Waals surface area contributed by atoms with Gasteiger partial charge in [0.1, 0.15) is 0 Å². The van der Waals surface area contributed by atoms with Crippen molar-refractivity contribution >= 4 is 11.9 Å². The van der Waals surface area contributed by atoms with E-state index in [2.05, 4.69) is 13.8 Å². The number of carbonyl (C=O) groups is 2. The first kappa shape index (κ1) is 25.9. The summed E-state index contributed by atoms with van der Waals surface area (Å²) in [5.74, 6) is 0.241. The normalized spacial score (nSPS) is 12.0. The lowest BCUT2D eigenvalue weighted by atomic mass is 9.96. The van der Waals surface area contributed by atoms with Crippen LogP contribution in [0.2, 0.25) is 0 Å². The van der Waals surface area contributed by atoms with Crippen molar-refractivity contribution in [3.8, 4) is 0 Å². The van der Waals surface area contributed by atoms with Crippen LogP contribution in [0, 0.1) is 5.92 Å². The van der Waals surface area contributed by atoms with Crippen LogP contribution in [-0.2, 0) is 23.8 Å². The molecule has 0 aliphatic carbocycles. The van der Waals surface area contributed by atoms with E-state index in [-0.39, 0.29) is 11.9 Å². The molecule has 0 amide bonds. The Morgan fingerprint density at radius 2 is 1.26 bits per heavy atom. The smallest absolute Gasteiger partial charge is 0.305 e. The van der Waals surface area contributed by atoms with Crippen molar-refractivity contribution in [2.24, 2.45) is 5.92 Å². The molecule has 27 heavy (non-hydrogen) atoms. The standard InChI is InChI=1S/C22H42O5/c1-4-6-8-11-17-26-21(23)13-9-10-14-22(24)27-19-16-20(12-7-5-2)15-18-25-3/h20H,4-19H2,1-3H3. The molecule has 0 rings (SSSR count). The Labute approximate surface area is 166 Å². The number of unbranched alkanes of at least 4 members (excludes halogenated alkanes) is 5. The van der Waals surface area contributed by atoms with E-state index < -0.39 is 0 Å². The predicted octanol–water partition coefficient (Wildman–Crippen LogP) is 5.45. The van der Waals surface area contributed by atoms with Gasteiger partial charge in [-0.2, -0.15) is 0 Å². The summed E-state index contributed by atoms with van der Waals surface area (Å²) in [4.78, 5) is 23.4. The second-order valence-electron chi connectivity index (χ2n) is 7.29. The monoisotopic (exact) mass is 386 g/mol. The second-order valence-corrected chi connectivity index (χ2v) is 7.29. The van der Waals surface area contributed by atoms with E-state index in [4.69, 9.17) is 14.2 Å². The average Bonchev–Trinajstić information content (AvgIpc) is 2.66. The van der Waals surface area contributed by atoms with Crippen molar-refractivity contribution in [1.82, 2.24) is 0 Å². The van der Waals surface area contributed by atoms with Gasteiger partial charge in [0.25, 0.3) is 0 Å². The maximum atomic E-state index is 11.8. The Kier molecular flexibility index (Phi) is 18.9. The van der Waals surface area contributed by atoms with E-state index in [1.807, 2.05) is 0 Å². The van der Waals surface area contributed by atoms with Gasteiger partial charge in [-0.3, -0.25) is 9.59 Å². The lowest BCUT2D eigenvalue weighted by Gasteiger charge is -2.16. The summed E-state index contributed by atoms with van der Waals surface area (Å²) < 4.78 is 15.7. The van der Waals surface area contributed by atoms with Gasteiger partial charge in [0.05, 0.1) is 13.2 Å². The Morgan fingerprint density at radius 3 is 1.85 bits per heavy atom. The number of esters is 2. The van der Waals surface area contributed by atoms with E-state index in [0.29, 0.717) is 44.8 Å². The number of ether oxygens (including phenoxy) is 3. The van der Waals surface area contributed by atoms with Gasteiger partial charge in [0.2, 0.25) is 0 Å². The lowest BCUT2D eigenvalue weighted by Crippen LogP contribution is -2.12. The molecule has 0 radical (unpaired) electrons. The molecule has 0 N–H and O–H groups in total. The minimum atomic E-state index is -0.163. The zero-order chi connectivity index (χ0) is 20.2. The van der Waals surface area contributed by atoms with E-state index in [9.17, 15) is 9.59 Å². The van der Waals surface area contributed by atoms with Crippen LogP contribution in [0.15, 0.2) is 0 Å². The molecule has 0 saturated carbocycles. The molecule has 0 aromatic carbocycles. The number of hydrogen-bond acceptors (Lipinski definition) is 5. The molecule has 5 heteroatoms. The van der Waals surface area contributed by atoms with Gasteiger partial charge in [-0.15, -0.1) is 0 Å². The lowest BCUT2D eigenvalue weighted by molar-refractivity contribution is -0.146. The first-order valence-electron chi connectivity index (χ1n) is 10.9. The average molecular weight is 387 g/mol. The van der Waals surface area contributed by atoms with Crippen LogP contribution in [0.25, 0.3) is 0 Å². The number of carbonyl (C=O) groups excluding carboxylic acids is 2. The van der Waals surface area contributed by atoms with Crippen molar-refractivity contribution in [3.63, 3.8) is 0 Å². The molecule has 0 heterocycles. The molecule has 5 nitrogen and oxygen atoms in total. The first-order valence-corrected chi connectivity index (χ1v) is 10.9. The zero-order valence-corrected chi connectivity index (χ0v) is 17.9.